The number of hydrogen-bond acceptors (Lipinski definition) is 6. The zero-order chi connectivity index (χ0) is 17.4. The van der Waals surface area contributed by atoms with Gasteiger partial charge in [-0.05, 0) is 50.0 Å². The highest BCUT2D eigenvalue weighted by Gasteiger charge is 2.10. The number of nitrogens with zero attached hydrogens (tertiary/aromatic N) is 1. The van der Waals surface area contributed by atoms with Gasteiger partial charge in [-0.15, -0.1) is 0 Å². The molecule has 0 saturated carbocycles. The van der Waals surface area contributed by atoms with Crippen LogP contribution in [0.2, 0.25) is 5.02 Å². The van der Waals surface area contributed by atoms with Crippen molar-refractivity contribution in [3.63, 3.8) is 0 Å². The van der Waals surface area contributed by atoms with Gasteiger partial charge in [0.15, 0.2) is 10.3 Å². The lowest BCUT2D eigenvalue weighted by molar-refractivity contribution is 0.602. The van der Waals surface area contributed by atoms with E-state index in [2.05, 4.69) is 27.3 Å². The molecule has 0 aliphatic carbocycles. The molecule has 0 bridgehead atoms. The lowest BCUT2D eigenvalue weighted by Crippen LogP contribution is -2.15. The van der Waals surface area contributed by atoms with Crippen molar-refractivity contribution in [3.05, 3.63) is 34.3 Å². The molecule has 0 fully saturated rings. The number of nitrogens with one attached hydrogen (secondary N) is 3. The second-order valence-corrected chi connectivity index (χ2v) is 7.16. The predicted molar refractivity (Wildman–Crippen MR) is 99.2 cm³/mol. The molecule has 0 radical (unpaired) electrons. The van der Waals surface area contributed by atoms with Crippen LogP contribution < -0.4 is 15.4 Å². The molecule has 1 aromatic heterocycles. The molecule has 0 amide bonds. The Hall–Kier alpha value is -1.09. The summed E-state index contributed by atoms with van der Waals surface area (Å²) in [7, 11) is 0. The SMILES string of the molecule is CCNCCCCNc1cc(F)c(SNc2ncc(F)s2)cc1Cl. The van der Waals surface area contributed by atoms with Gasteiger partial charge in [0.1, 0.15) is 5.82 Å². The first-order valence-corrected chi connectivity index (χ1v) is 9.59. The van der Waals surface area contributed by atoms with E-state index < -0.39 is 10.9 Å². The molecule has 24 heavy (non-hydrogen) atoms. The van der Waals surface area contributed by atoms with E-state index >= 15 is 0 Å². The second-order valence-electron chi connectivity index (χ2n) is 4.92. The third-order valence-corrected chi connectivity index (χ3v) is 5.06. The number of unbranched alkanes of at least 4 members (excludes halogenated alkanes) is 1. The fourth-order valence-electron chi connectivity index (χ4n) is 1.92. The average Bonchev–Trinajstić information content (AvgIpc) is 2.97. The Labute approximate surface area is 153 Å². The molecule has 132 valence electrons. The Morgan fingerprint density at radius 2 is 2.04 bits per heavy atom. The van der Waals surface area contributed by atoms with E-state index in [1.807, 2.05) is 0 Å². The standard InChI is InChI=1S/C15H19ClF2N4S2/c1-2-19-5-3-4-6-20-12-8-11(17)13(7-10(12)16)24-22-15-21-9-14(18)23-15/h7-9,19-20H,2-6H2,1H3,(H,21,22). The van der Waals surface area contributed by atoms with Crippen molar-refractivity contribution in [2.45, 2.75) is 24.7 Å². The maximum atomic E-state index is 14.2. The molecule has 0 spiro atoms. The van der Waals surface area contributed by atoms with Gasteiger partial charge in [-0.3, -0.25) is 0 Å². The molecular formula is C15H19ClF2N4S2. The second kappa shape index (κ2) is 10.0. The van der Waals surface area contributed by atoms with Crippen molar-refractivity contribution in [2.75, 3.05) is 29.7 Å². The van der Waals surface area contributed by atoms with Gasteiger partial charge in [0.05, 0.1) is 21.8 Å². The van der Waals surface area contributed by atoms with Crippen LogP contribution in [0.3, 0.4) is 0 Å². The van der Waals surface area contributed by atoms with E-state index in [1.165, 1.54) is 6.07 Å². The van der Waals surface area contributed by atoms with Gasteiger partial charge >= 0.3 is 0 Å². The van der Waals surface area contributed by atoms with Crippen LogP contribution >= 0.6 is 34.9 Å². The van der Waals surface area contributed by atoms with E-state index in [0.29, 0.717) is 20.7 Å². The van der Waals surface area contributed by atoms with Crippen molar-refractivity contribution >= 4 is 45.7 Å². The lowest BCUT2D eigenvalue weighted by Gasteiger charge is -2.11. The predicted octanol–water partition coefficient (Wildman–Crippen LogP) is 5.00. The van der Waals surface area contributed by atoms with Gasteiger partial charge in [0.25, 0.3) is 0 Å². The first-order valence-electron chi connectivity index (χ1n) is 7.58. The molecule has 2 rings (SSSR count). The normalized spacial score (nSPS) is 10.8. The molecule has 0 saturated heterocycles. The van der Waals surface area contributed by atoms with Crippen LogP contribution in [0.5, 0.6) is 0 Å². The molecule has 4 nitrogen and oxygen atoms in total. The van der Waals surface area contributed by atoms with E-state index in [1.54, 1.807) is 6.07 Å². The molecule has 2 aromatic rings. The van der Waals surface area contributed by atoms with E-state index in [9.17, 15) is 8.78 Å². The smallest absolute Gasteiger partial charge is 0.198 e. The van der Waals surface area contributed by atoms with Crippen molar-refractivity contribution in [2.24, 2.45) is 0 Å². The number of anilines is 2. The third-order valence-electron chi connectivity index (χ3n) is 3.09. The van der Waals surface area contributed by atoms with Crippen LogP contribution in [0.1, 0.15) is 19.8 Å². The molecule has 0 unspecified atom stereocenters. The highest BCUT2D eigenvalue weighted by atomic mass is 35.5. The van der Waals surface area contributed by atoms with E-state index in [4.69, 9.17) is 11.6 Å². The van der Waals surface area contributed by atoms with Crippen molar-refractivity contribution in [1.82, 2.24) is 10.3 Å². The van der Waals surface area contributed by atoms with Crippen molar-refractivity contribution in [3.8, 4) is 0 Å². The maximum absolute atomic E-state index is 14.2. The first kappa shape index (κ1) is 19.2. The Kier molecular flexibility index (Phi) is 8.04. The van der Waals surface area contributed by atoms with Gasteiger partial charge in [-0.25, -0.2) is 9.37 Å². The number of thiazole rings is 1. The summed E-state index contributed by atoms with van der Waals surface area (Å²) in [6.45, 7) is 4.73. The average molecular weight is 393 g/mol. The summed E-state index contributed by atoms with van der Waals surface area (Å²) in [4.78, 5) is 4.14. The molecule has 0 aliphatic rings. The van der Waals surface area contributed by atoms with Crippen LogP contribution in [0.15, 0.2) is 23.2 Å². The van der Waals surface area contributed by atoms with Gasteiger partial charge in [-0.2, -0.15) is 4.39 Å². The van der Waals surface area contributed by atoms with Gasteiger partial charge in [0.2, 0.25) is 0 Å². The molecule has 9 heteroatoms. The molecule has 0 aliphatic heterocycles. The van der Waals surface area contributed by atoms with Crippen LogP contribution in [0.4, 0.5) is 19.6 Å². The minimum Gasteiger partial charge on any atom is -0.384 e. The van der Waals surface area contributed by atoms with E-state index in [-0.39, 0.29) is 0 Å². The van der Waals surface area contributed by atoms with Crippen LogP contribution in [0.25, 0.3) is 0 Å². The Bertz CT molecular complexity index is 654. The number of halogens is 3. The van der Waals surface area contributed by atoms with Gasteiger partial charge < -0.3 is 15.4 Å². The van der Waals surface area contributed by atoms with E-state index in [0.717, 1.165) is 62.0 Å². The number of aromatic nitrogens is 1. The summed E-state index contributed by atoms with van der Waals surface area (Å²) < 4.78 is 29.8. The topological polar surface area (TPSA) is 49.0 Å². The summed E-state index contributed by atoms with van der Waals surface area (Å²) in [6.07, 6.45) is 3.13. The fraction of sp³-hybridized carbons (Fsp3) is 0.400. The molecule has 0 atom stereocenters. The molecule has 1 aromatic carbocycles. The third kappa shape index (κ3) is 6.08. The highest BCUT2D eigenvalue weighted by molar-refractivity contribution is 8.00. The maximum Gasteiger partial charge on any atom is 0.198 e. The number of benzene rings is 1. The fourth-order valence-corrected chi connectivity index (χ4v) is 3.48. The van der Waals surface area contributed by atoms with Crippen molar-refractivity contribution in [1.29, 1.82) is 0 Å². The highest BCUT2D eigenvalue weighted by Crippen LogP contribution is 2.32. The molecule has 3 N–H and O–H groups in total. The minimum atomic E-state index is -0.399. The quantitative estimate of drug-likeness (QED) is 0.392. The largest absolute Gasteiger partial charge is 0.384 e. The summed E-state index contributed by atoms with van der Waals surface area (Å²) >= 11 is 8.06. The summed E-state index contributed by atoms with van der Waals surface area (Å²) in [5, 5.41) is 6.81. The summed E-state index contributed by atoms with van der Waals surface area (Å²) in [5.74, 6) is -0.399. The lowest BCUT2D eigenvalue weighted by atomic mass is 10.2. The Balaban J connectivity index is 1.85. The van der Waals surface area contributed by atoms with Crippen LogP contribution in [-0.4, -0.2) is 24.6 Å². The zero-order valence-corrected chi connectivity index (χ0v) is 15.6. The number of hydrogen-bond donors (Lipinski definition) is 3. The minimum absolute atomic E-state index is 0.327. The summed E-state index contributed by atoms with van der Waals surface area (Å²) in [5.41, 5.74) is 0.572. The first-order chi connectivity index (χ1) is 11.6. The zero-order valence-electron chi connectivity index (χ0n) is 13.2. The van der Waals surface area contributed by atoms with Crippen LogP contribution in [-0.2, 0) is 0 Å². The van der Waals surface area contributed by atoms with Gasteiger partial charge in [0, 0.05) is 6.54 Å². The number of rotatable bonds is 10. The van der Waals surface area contributed by atoms with Crippen LogP contribution in [0, 0.1) is 10.9 Å². The molecular weight excluding hydrogens is 374 g/mol. The monoisotopic (exact) mass is 392 g/mol. The summed E-state index contributed by atoms with van der Waals surface area (Å²) in [6, 6.07) is 2.92. The van der Waals surface area contributed by atoms with Gasteiger partial charge in [-0.1, -0.05) is 29.9 Å². The molecule has 1 heterocycles. The Morgan fingerprint density at radius 1 is 1.25 bits per heavy atom. The Morgan fingerprint density at radius 3 is 2.75 bits per heavy atom. The van der Waals surface area contributed by atoms with Crippen molar-refractivity contribution < 1.29 is 8.78 Å².